The summed E-state index contributed by atoms with van der Waals surface area (Å²) in [5.74, 6) is 1.66. The van der Waals surface area contributed by atoms with Crippen molar-refractivity contribution in [3.8, 4) is 5.82 Å². The van der Waals surface area contributed by atoms with E-state index in [1.54, 1.807) is 7.11 Å². The fourth-order valence-electron chi connectivity index (χ4n) is 5.06. The Balaban J connectivity index is 1.63. The Bertz CT molecular complexity index is 1220. The maximum Gasteiger partial charge on any atom is 0.222 e. The van der Waals surface area contributed by atoms with Crippen molar-refractivity contribution in [2.24, 2.45) is 0 Å². The molecule has 2 aliphatic rings. The van der Waals surface area contributed by atoms with Gasteiger partial charge in [0.2, 0.25) is 5.91 Å². The molecule has 5 rings (SSSR count). The fourth-order valence-corrected chi connectivity index (χ4v) is 5.06. The van der Waals surface area contributed by atoms with Gasteiger partial charge < -0.3 is 19.4 Å². The number of hydrogen-bond donors (Lipinski definition) is 1. The lowest BCUT2D eigenvalue weighted by Crippen LogP contribution is -2.48. The second kappa shape index (κ2) is 8.76. The van der Waals surface area contributed by atoms with Crippen LogP contribution in [0.25, 0.3) is 16.7 Å². The maximum atomic E-state index is 11.7. The fraction of sp³-hybridized carbons (Fsp3) is 0.500. The van der Waals surface area contributed by atoms with Crippen molar-refractivity contribution in [2.45, 2.75) is 51.7 Å². The number of carbonyl (C=O) groups excluding carboxylic acids is 1. The Hall–Kier alpha value is -2.81. The topological polar surface area (TPSA) is 81.5 Å². The molecule has 1 atom stereocenters. The second-order valence-corrected chi connectivity index (χ2v) is 9.86. The molecule has 0 aliphatic carbocycles. The van der Waals surface area contributed by atoms with E-state index < -0.39 is 5.60 Å². The van der Waals surface area contributed by atoms with E-state index in [-0.39, 0.29) is 5.91 Å². The molecule has 180 valence electrons. The summed E-state index contributed by atoms with van der Waals surface area (Å²) in [6.45, 7) is 11.3. The lowest BCUT2D eigenvalue weighted by Gasteiger charge is -2.42. The van der Waals surface area contributed by atoms with Gasteiger partial charge >= 0.3 is 0 Å². The molecule has 0 spiro atoms. The van der Waals surface area contributed by atoms with Gasteiger partial charge in [0.15, 0.2) is 0 Å². The summed E-state index contributed by atoms with van der Waals surface area (Å²) in [5, 5.41) is 3.91. The number of rotatable bonds is 6. The van der Waals surface area contributed by atoms with Crippen molar-refractivity contribution in [3.05, 3.63) is 47.4 Å². The zero-order valence-corrected chi connectivity index (χ0v) is 20.6. The van der Waals surface area contributed by atoms with Crippen LogP contribution in [-0.4, -0.2) is 64.8 Å². The van der Waals surface area contributed by atoms with Gasteiger partial charge in [-0.1, -0.05) is 0 Å². The van der Waals surface area contributed by atoms with Crippen LogP contribution < -0.4 is 5.32 Å². The first-order chi connectivity index (χ1) is 16.3. The number of amides is 1. The summed E-state index contributed by atoms with van der Waals surface area (Å²) in [5.41, 5.74) is 3.72. The molecule has 0 aromatic carbocycles. The number of nitrogens with one attached hydrogen (secondary N) is 1. The number of aryl methyl sites for hydroxylation is 1. The number of anilines is 1. The number of likely N-dealkylation sites (tertiary alicyclic amines) is 1. The molecular formula is C26H33N5O3. The molecule has 2 saturated heterocycles. The molecule has 2 aliphatic heterocycles. The molecular weight excluding hydrogens is 430 g/mol. The number of nitrogens with zero attached hydrogens (tertiary/aromatic N) is 4. The van der Waals surface area contributed by atoms with Gasteiger partial charge in [0.25, 0.3) is 0 Å². The van der Waals surface area contributed by atoms with E-state index in [1.165, 1.54) is 12.5 Å². The van der Waals surface area contributed by atoms with E-state index in [1.807, 2.05) is 12.3 Å². The van der Waals surface area contributed by atoms with E-state index in [0.29, 0.717) is 31.0 Å². The van der Waals surface area contributed by atoms with Gasteiger partial charge in [-0.25, -0.2) is 9.97 Å². The van der Waals surface area contributed by atoms with Crippen LogP contribution in [0.4, 0.5) is 5.82 Å². The first-order valence-corrected chi connectivity index (χ1v) is 11.9. The van der Waals surface area contributed by atoms with E-state index in [9.17, 15) is 4.79 Å². The Kier molecular flexibility index (Phi) is 5.91. The molecule has 0 saturated carbocycles. The van der Waals surface area contributed by atoms with Crippen LogP contribution in [0.2, 0.25) is 0 Å². The first-order valence-electron chi connectivity index (χ1n) is 11.9. The molecule has 3 aromatic rings. The van der Waals surface area contributed by atoms with Gasteiger partial charge in [0.1, 0.15) is 17.2 Å². The Labute approximate surface area is 200 Å². The highest BCUT2D eigenvalue weighted by Crippen LogP contribution is 2.38. The number of aromatic nitrogens is 3. The van der Waals surface area contributed by atoms with E-state index in [2.05, 4.69) is 58.9 Å². The summed E-state index contributed by atoms with van der Waals surface area (Å²) in [6.07, 6.45) is 4.85. The molecule has 3 aromatic heterocycles. The molecule has 1 amide bonds. The lowest BCUT2D eigenvalue weighted by atomic mass is 9.90. The second-order valence-electron chi connectivity index (χ2n) is 9.86. The smallest absolute Gasteiger partial charge is 0.222 e. The third-order valence-corrected chi connectivity index (χ3v) is 7.15. The molecule has 5 heterocycles. The van der Waals surface area contributed by atoms with Crippen LogP contribution >= 0.6 is 0 Å². The van der Waals surface area contributed by atoms with Crippen LogP contribution in [0.3, 0.4) is 0 Å². The predicted octanol–water partition coefficient (Wildman–Crippen LogP) is 3.76. The monoisotopic (exact) mass is 463 g/mol. The molecule has 2 fully saturated rings. The van der Waals surface area contributed by atoms with Crippen molar-refractivity contribution in [1.82, 2.24) is 19.4 Å². The van der Waals surface area contributed by atoms with Crippen LogP contribution in [0.15, 0.2) is 30.6 Å². The average Bonchev–Trinajstić information content (AvgIpc) is 3.37. The summed E-state index contributed by atoms with van der Waals surface area (Å²) >= 11 is 0. The highest BCUT2D eigenvalue weighted by atomic mass is 16.5. The molecule has 0 bridgehead atoms. The summed E-state index contributed by atoms with van der Waals surface area (Å²) in [7, 11) is 1.73. The molecule has 0 radical (unpaired) electrons. The number of ether oxygens (including phenoxy) is 2. The average molecular weight is 464 g/mol. The third kappa shape index (κ3) is 4.00. The Morgan fingerprint density at radius 2 is 2.09 bits per heavy atom. The molecule has 8 nitrogen and oxygen atoms in total. The van der Waals surface area contributed by atoms with Crippen LogP contribution in [0.5, 0.6) is 0 Å². The normalized spacial score (nSPS) is 21.4. The van der Waals surface area contributed by atoms with E-state index in [0.717, 1.165) is 47.5 Å². The van der Waals surface area contributed by atoms with E-state index >= 15 is 0 Å². The van der Waals surface area contributed by atoms with Crippen LogP contribution in [-0.2, 0) is 19.9 Å². The van der Waals surface area contributed by atoms with Gasteiger partial charge in [0.05, 0.1) is 17.8 Å². The number of hydrogen-bond acceptors (Lipinski definition) is 6. The summed E-state index contributed by atoms with van der Waals surface area (Å²) in [6, 6.07) is 6.65. The Morgan fingerprint density at radius 3 is 2.74 bits per heavy atom. The van der Waals surface area contributed by atoms with E-state index in [4.69, 9.17) is 14.5 Å². The molecule has 34 heavy (non-hydrogen) atoms. The largest absolute Gasteiger partial charge is 0.378 e. The lowest BCUT2D eigenvalue weighted by molar-refractivity contribution is -0.114. The number of carbonyl (C=O) groups is 1. The Morgan fingerprint density at radius 1 is 1.29 bits per heavy atom. The highest BCUT2D eigenvalue weighted by Gasteiger charge is 2.39. The molecule has 8 heteroatoms. The van der Waals surface area contributed by atoms with Crippen molar-refractivity contribution in [2.75, 3.05) is 38.7 Å². The van der Waals surface area contributed by atoms with Crippen molar-refractivity contribution in [3.63, 3.8) is 0 Å². The van der Waals surface area contributed by atoms with Gasteiger partial charge in [-0.15, -0.1) is 0 Å². The van der Waals surface area contributed by atoms with Crippen LogP contribution in [0.1, 0.15) is 49.9 Å². The van der Waals surface area contributed by atoms with Crippen LogP contribution in [0, 0.1) is 6.92 Å². The zero-order chi connectivity index (χ0) is 24.0. The standard InChI is InChI=1S/C26H33N5O3/c1-16(2)30-12-19(13-30)21-14-31(22-10-24(28-18(4)32)27-11-20(21)22)25-9-17(3)8-23(29-25)26(33-5)6-7-34-15-26/h8-11,14,16,19H,6-7,12-13,15H2,1-5H3,(H,27,28,32)/t26-/m0/s1. The first kappa shape index (κ1) is 23.0. The van der Waals surface area contributed by atoms with Crippen molar-refractivity contribution >= 4 is 22.6 Å². The van der Waals surface area contributed by atoms with Gasteiger partial charge in [-0.05, 0) is 44.0 Å². The van der Waals surface area contributed by atoms with Gasteiger partial charge in [-0.2, -0.15) is 0 Å². The SMILES string of the molecule is CO[C@@]1(c2cc(C)cc(-n3cc(C4CN(C(C)C)C4)c4cnc(NC(C)=O)cc43)n2)CCOC1. The van der Waals surface area contributed by atoms with Crippen molar-refractivity contribution in [1.29, 1.82) is 0 Å². The quantitative estimate of drug-likeness (QED) is 0.600. The molecule has 0 unspecified atom stereocenters. The third-order valence-electron chi connectivity index (χ3n) is 7.15. The number of pyridine rings is 2. The van der Waals surface area contributed by atoms with Gasteiger partial charge in [-0.3, -0.25) is 9.69 Å². The number of fused-ring (bicyclic) bond motifs is 1. The predicted molar refractivity (Wildman–Crippen MR) is 131 cm³/mol. The minimum atomic E-state index is -0.527. The number of methoxy groups -OCH3 is 1. The minimum absolute atomic E-state index is 0.143. The summed E-state index contributed by atoms with van der Waals surface area (Å²) in [4.78, 5) is 23.7. The van der Waals surface area contributed by atoms with Gasteiger partial charge in [0, 0.05) is 76.0 Å². The highest BCUT2D eigenvalue weighted by molar-refractivity contribution is 5.92. The molecule has 1 N–H and O–H groups in total. The summed E-state index contributed by atoms with van der Waals surface area (Å²) < 4.78 is 13.7. The zero-order valence-electron chi connectivity index (χ0n) is 20.6. The maximum absolute atomic E-state index is 11.7. The van der Waals surface area contributed by atoms with Crippen molar-refractivity contribution < 1.29 is 14.3 Å². The minimum Gasteiger partial charge on any atom is -0.378 e.